The van der Waals surface area contributed by atoms with Crippen LogP contribution in [0.1, 0.15) is 36.0 Å². The molecular weight excluding hydrogens is 557 g/mol. The highest BCUT2D eigenvalue weighted by Crippen LogP contribution is 2.35. The van der Waals surface area contributed by atoms with Gasteiger partial charge in [-0.05, 0) is 91.4 Å². The summed E-state index contributed by atoms with van der Waals surface area (Å²) < 4.78 is 39.1. The molecule has 1 amide bonds. The van der Waals surface area contributed by atoms with Gasteiger partial charge in [-0.3, -0.25) is 4.79 Å². The van der Waals surface area contributed by atoms with Crippen molar-refractivity contribution in [2.24, 2.45) is 0 Å². The maximum absolute atomic E-state index is 13.8. The molecule has 1 aliphatic heterocycles. The Hall–Kier alpha value is -3.13. The molecule has 0 atom stereocenters. The number of halogens is 4. The van der Waals surface area contributed by atoms with Crippen LogP contribution in [0.15, 0.2) is 60.2 Å². The minimum absolute atomic E-state index is 0.0807. The first-order valence-electron chi connectivity index (χ1n) is 13.3. The van der Waals surface area contributed by atoms with E-state index in [0.29, 0.717) is 52.3 Å². The van der Waals surface area contributed by atoms with Crippen molar-refractivity contribution in [1.82, 2.24) is 10.2 Å². The lowest BCUT2D eigenvalue weighted by atomic mass is 9.93. The van der Waals surface area contributed by atoms with Crippen molar-refractivity contribution < 1.29 is 23.0 Å². The van der Waals surface area contributed by atoms with Crippen LogP contribution in [0.5, 0.6) is 11.5 Å². The van der Waals surface area contributed by atoms with Crippen LogP contribution >= 0.6 is 23.2 Å². The lowest BCUT2D eigenvalue weighted by molar-refractivity contribution is -0.128. The van der Waals surface area contributed by atoms with E-state index in [1.807, 2.05) is 31.2 Å². The number of carbonyl (C=O) groups excluding carboxylic acids is 1. The van der Waals surface area contributed by atoms with Gasteiger partial charge in [0.25, 0.3) is 5.91 Å². The zero-order valence-corrected chi connectivity index (χ0v) is 23.6. The van der Waals surface area contributed by atoms with Gasteiger partial charge in [-0.25, -0.2) is 8.78 Å². The molecular formula is C31H30Cl2F2N2O3. The molecule has 1 aliphatic carbocycles. The van der Waals surface area contributed by atoms with E-state index in [4.69, 9.17) is 32.7 Å². The molecule has 0 spiro atoms. The van der Waals surface area contributed by atoms with Crippen molar-refractivity contribution in [2.45, 2.75) is 38.8 Å². The Bertz CT molecular complexity index is 1380. The number of aryl methyl sites for hydroxylation is 1. The molecule has 1 fully saturated rings. The van der Waals surface area contributed by atoms with Gasteiger partial charge in [0.15, 0.2) is 5.75 Å². The largest absolute Gasteiger partial charge is 0.490 e. The Morgan fingerprint density at radius 1 is 0.975 bits per heavy atom. The Morgan fingerprint density at radius 3 is 2.27 bits per heavy atom. The van der Waals surface area contributed by atoms with Gasteiger partial charge in [-0.1, -0.05) is 35.3 Å². The van der Waals surface area contributed by atoms with Crippen LogP contribution in [0.3, 0.4) is 0 Å². The van der Waals surface area contributed by atoms with E-state index in [0.717, 1.165) is 42.2 Å². The number of hydrogen-bond acceptors (Lipinski definition) is 4. The van der Waals surface area contributed by atoms with Gasteiger partial charge in [0, 0.05) is 30.8 Å². The fourth-order valence-corrected chi connectivity index (χ4v) is 5.62. The molecule has 0 saturated heterocycles. The van der Waals surface area contributed by atoms with Gasteiger partial charge in [-0.2, -0.15) is 0 Å². The molecule has 210 valence electrons. The number of carbonyl (C=O) groups is 1. The summed E-state index contributed by atoms with van der Waals surface area (Å²) in [5, 5.41) is 4.21. The number of ether oxygens (including phenoxy) is 2. The third-order valence-electron chi connectivity index (χ3n) is 6.94. The van der Waals surface area contributed by atoms with E-state index in [1.54, 1.807) is 17.0 Å². The topological polar surface area (TPSA) is 50.8 Å². The van der Waals surface area contributed by atoms with Crippen LogP contribution < -0.4 is 14.8 Å². The van der Waals surface area contributed by atoms with Crippen LogP contribution in [0, 0.1) is 18.6 Å². The summed E-state index contributed by atoms with van der Waals surface area (Å²) in [7, 11) is 0. The Kier molecular flexibility index (Phi) is 8.94. The maximum Gasteiger partial charge on any atom is 0.251 e. The average Bonchev–Trinajstić information content (AvgIpc) is 3.76. The second-order valence-corrected chi connectivity index (χ2v) is 10.9. The minimum atomic E-state index is -0.644. The maximum atomic E-state index is 13.8. The summed E-state index contributed by atoms with van der Waals surface area (Å²) in [5.74, 6) is -0.280. The molecule has 3 aromatic carbocycles. The quantitative estimate of drug-likeness (QED) is 0.260. The predicted octanol–water partition coefficient (Wildman–Crippen LogP) is 6.98. The van der Waals surface area contributed by atoms with E-state index in [-0.39, 0.29) is 25.1 Å². The van der Waals surface area contributed by atoms with Crippen molar-refractivity contribution in [3.05, 3.63) is 98.5 Å². The van der Waals surface area contributed by atoms with Crippen LogP contribution in [-0.4, -0.2) is 43.2 Å². The summed E-state index contributed by atoms with van der Waals surface area (Å²) in [6.45, 7) is 3.84. The first kappa shape index (κ1) is 28.4. The molecule has 0 aromatic heterocycles. The highest BCUT2D eigenvalue weighted by Gasteiger charge is 2.35. The highest BCUT2D eigenvalue weighted by atomic mass is 35.5. The van der Waals surface area contributed by atoms with Gasteiger partial charge in [-0.15, -0.1) is 0 Å². The molecule has 3 aromatic rings. The van der Waals surface area contributed by atoms with Crippen molar-refractivity contribution in [3.8, 4) is 11.5 Å². The average molecular weight is 587 g/mol. The smallest absolute Gasteiger partial charge is 0.251 e. The van der Waals surface area contributed by atoms with E-state index < -0.39 is 11.6 Å². The molecule has 1 saturated carbocycles. The summed E-state index contributed by atoms with van der Waals surface area (Å²) in [4.78, 5) is 15.5. The molecule has 1 N–H and O–H groups in total. The van der Waals surface area contributed by atoms with Crippen molar-refractivity contribution in [1.29, 1.82) is 0 Å². The van der Waals surface area contributed by atoms with Crippen molar-refractivity contribution >= 4 is 34.7 Å². The monoisotopic (exact) mass is 586 g/mol. The molecule has 1 heterocycles. The number of amides is 1. The molecule has 0 unspecified atom stereocenters. The van der Waals surface area contributed by atoms with E-state index in [1.165, 1.54) is 12.1 Å². The van der Waals surface area contributed by atoms with E-state index in [9.17, 15) is 13.6 Å². The minimum Gasteiger partial charge on any atom is -0.490 e. The van der Waals surface area contributed by atoms with Gasteiger partial charge >= 0.3 is 0 Å². The van der Waals surface area contributed by atoms with Crippen LogP contribution in [0.4, 0.5) is 8.78 Å². The summed E-state index contributed by atoms with van der Waals surface area (Å²) in [6, 6.07) is 14.7. The normalized spacial score (nSPS) is 15.2. The van der Waals surface area contributed by atoms with Crippen LogP contribution in [-0.2, 0) is 11.3 Å². The highest BCUT2D eigenvalue weighted by molar-refractivity contribution is 6.37. The van der Waals surface area contributed by atoms with Gasteiger partial charge in [0.1, 0.15) is 30.6 Å². The Balaban J connectivity index is 1.26. The lowest BCUT2D eigenvalue weighted by Crippen LogP contribution is -2.39. The van der Waals surface area contributed by atoms with Gasteiger partial charge in [0.2, 0.25) is 0 Å². The molecule has 40 heavy (non-hydrogen) atoms. The standard InChI is InChI=1S/C31H30Cl2F2N2O3/c1-19-12-28(32)30(29(33)13-19)40-11-10-39-25-6-2-21(3-7-25)26-8-9-36-17-27(26)31(38)37(24-4-5-24)18-20-14-22(34)16-23(35)15-20/h2-3,6-7,12-16,24,36H,4-5,8-11,17-18H2,1H3. The second kappa shape index (κ2) is 12.6. The molecule has 9 heteroatoms. The molecule has 5 rings (SSSR count). The van der Waals surface area contributed by atoms with E-state index >= 15 is 0 Å². The third-order valence-corrected chi connectivity index (χ3v) is 7.51. The summed E-state index contributed by atoms with van der Waals surface area (Å²) >= 11 is 12.5. The third kappa shape index (κ3) is 6.95. The summed E-state index contributed by atoms with van der Waals surface area (Å²) in [5.41, 5.74) is 4.00. The van der Waals surface area contributed by atoms with Crippen molar-refractivity contribution in [2.75, 3.05) is 26.3 Å². The SMILES string of the molecule is Cc1cc(Cl)c(OCCOc2ccc(C3=C(C(=O)N(Cc4cc(F)cc(F)c4)C4CC4)CNCC3)cc2)c(Cl)c1. The van der Waals surface area contributed by atoms with Crippen molar-refractivity contribution in [3.63, 3.8) is 0 Å². The number of hydrogen-bond donors (Lipinski definition) is 1. The molecule has 2 aliphatic rings. The zero-order valence-electron chi connectivity index (χ0n) is 22.1. The van der Waals surface area contributed by atoms with E-state index in [2.05, 4.69) is 5.32 Å². The first-order valence-corrected chi connectivity index (χ1v) is 14.0. The molecule has 5 nitrogen and oxygen atoms in total. The van der Waals surface area contributed by atoms with Gasteiger partial charge in [0.05, 0.1) is 10.0 Å². The zero-order chi connectivity index (χ0) is 28.2. The predicted molar refractivity (Wildman–Crippen MR) is 153 cm³/mol. The second-order valence-electron chi connectivity index (χ2n) is 10.1. The summed E-state index contributed by atoms with van der Waals surface area (Å²) in [6.07, 6.45) is 2.47. The lowest BCUT2D eigenvalue weighted by Gasteiger charge is -2.28. The van der Waals surface area contributed by atoms with Crippen LogP contribution in [0.2, 0.25) is 10.0 Å². The molecule has 0 radical (unpaired) electrons. The number of nitrogens with zero attached hydrogens (tertiary/aromatic N) is 1. The van der Waals surface area contributed by atoms with Gasteiger partial charge < -0.3 is 19.7 Å². The number of nitrogens with one attached hydrogen (secondary N) is 1. The number of benzene rings is 3. The van der Waals surface area contributed by atoms with Crippen LogP contribution in [0.25, 0.3) is 5.57 Å². The molecule has 0 bridgehead atoms. The number of rotatable bonds is 10. The Morgan fingerprint density at radius 2 is 1.62 bits per heavy atom. The Labute approximate surface area is 242 Å². The first-order chi connectivity index (χ1) is 19.3. The fourth-order valence-electron chi connectivity index (χ4n) is 4.91. The fraction of sp³-hybridized carbons (Fsp3) is 0.323.